The topological polar surface area (TPSA) is 12.9 Å². The third-order valence-corrected chi connectivity index (χ3v) is 9.29. The lowest BCUT2D eigenvalue weighted by atomic mass is 9.90. The van der Waals surface area contributed by atoms with Crippen LogP contribution in [0.25, 0.3) is 65.7 Å². The maximum atomic E-state index is 4.63. The molecule has 0 fully saturated rings. The fraction of sp³-hybridized carbons (Fsp3) is 0. The highest BCUT2D eigenvalue weighted by atomic mass is 32.2. The molecule has 2 heteroatoms. The van der Waals surface area contributed by atoms with Gasteiger partial charge in [-0.15, -0.1) is 0 Å². The quantitative estimate of drug-likeness (QED) is 0.193. The summed E-state index contributed by atoms with van der Waals surface area (Å²) in [6.07, 6.45) is 3.96. The summed E-state index contributed by atoms with van der Waals surface area (Å²) in [7, 11) is 0. The van der Waals surface area contributed by atoms with Crippen LogP contribution in [0.2, 0.25) is 0 Å². The molecule has 1 heterocycles. The molecule has 0 aliphatic rings. The van der Waals surface area contributed by atoms with Crippen LogP contribution in [0.1, 0.15) is 0 Å². The van der Waals surface area contributed by atoms with Crippen molar-refractivity contribution in [3.05, 3.63) is 164 Å². The zero-order valence-corrected chi connectivity index (χ0v) is 24.3. The molecule has 0 aliphatic carbocycles. The number of aromatic nitrogens is 1. The smallest absolute Gasteiger partial charge is 0.0353 e. The van der Waals surface area contributed by atoms with Gasteiger partial charge in [-0.1, -0.05) is 139 Å². The van der Waals surface area contributed by atoms with E-state index >= 15 is 0 Å². The van der Waals surface area contributed by atoms with Gasteiger partial charge in [-0.3, -0.25) is 4.98 Å². The molecule has 1 nitrogen and oxygen atoms in total. The summed E-state index contributed by atoms with van der Waals surface area (Å²) >= 11 is 1.84. The number of hydrogen-bond acceptors (Lipinski definition) is 2. The monoisotopic (exact) mass is 565 g/mol. The second-order valence-corrected chi connectivity index (χ2v) is 11.9. The van der Waals surface area contributed by atoms with Crippen molar-refractivity contribution in [3.8, 4) is 33.4 Å². The van der Waals surface area contributed by atoms with Crippen molar-refractivity contribution in [3.63, 3.8) is 0 Å². The van der Waals surface area contributed by atoms with E-state index in [1.165, 1.54) is 75.5 Å². The Balaban J connectivity index is 1.38. The Kier molecular flexibility index (Phi) is 6.47. The Morgan fingerprint density at radius 2 is 1.00 bits per heavy atom. The fourth-order valence-corrected chi connectivity index (χ4v) is 7.38. The molecule has 8 rings (SSSR count). The van der Waals surface area contributed by atoms with Gasteiger partial charge in [0, 0.05) is 27.6 Å². The first-order valence-corrected chi connectivity index (χ1v) is 15.4. The lowest BCUT2D eigenvalue weighted by Gasteiger charge is -2.18. The zero-order valence-electron chi connectivity index (χ0n) is 23.4. The van der Waals surface area contributed by atoms with E-state index in [2.05, 4.69) is 157 Å². The Morgan fingerprint density at radius 3 is 1.72 bits per heavy atom. The fourth-order valence-electron chi connectivity index (χ4n) is 6.19. The van der Waals surface area contributed by atoms with Gasteiger partial charge < -0.3 is 0 Å². The van der Waals surface area contributed by atoms with Crippen LogP contribution in [0.3, 0.4) is 0 Å². The van der Waals surface area contributed by atoms with Crippen LogP contribution in [0.15, 0.2) is 174 Å². The summed E-state index contributed by atoms with van der Waals surface area (Å²) < 4.78 is 0. The zero-order chi connectivity index (χ0) is 28.6. The van der Waals surface area contributed by atoms with Crippen molar-refractivity contribution in [2.24, 2.45) is 0 Å². The predicted octanol–water partition coefficient (Wildman–Crippen LogP) is 11.7. The third-order valence-electron chi connectivity index (χ3n) is 8.18. The molecule has 0 amide bonds. The van der Waals surface area contributed by atoms with Gasteiger partial charge in [-0.05, 0) is 84.6 Å². The van der Waals surface area contributed by atoms with Crippen LogP contribution < -0.4 is 0 Å². The number of hydrogen-bond donors (Lipinski definition) is 0. The van der Waals surface area contributed by atoms with E-state index in [9.17, 15) is 0 Å². The molecule has 0 aliphatic heterocycles. The summed E-state index contributed by atoms with van der Waals surface area (Å²) in [6.45, 7) is 0. The van der Waals surface area contributed by atoms with E-state index in [0.717, 1.165) is 0 Å². The molecular formula is C41H27NS. The molecule has 43 heavy (non-hydrogen) atoms. The second-order valence-electron chi connectivity index (χ2n) is 10.8. The minimum atomic E-state index is 1.17. The summed E-state index contributed by atoms with van der Waals surface area (Å²) in [6, 6.07) is 54.6. The lowest BCUT2D eigenvalue weighted by Crippen LogP contribution is -1.91. The van der Waals surface area contributed by atoms with E-state index in [4.69, 9.17) is 0 Å². The summed E-state index contributed by atoms with van der Waals surface area (Å²) in [4.78, 5) is 7.09. The molecule has 0 spiro atoms. The van der Waals surface area contributed by atoms with Crippen molar-refractivity contribution in [2.45, 2.75) is 9.79 Å². The number of pyridine rings is 1. The Labute approximate surface area is 255 Å². The standard InChI is InChI=1S/C41H27NS/c1-3-12-28(13-4-1)31-24-32(29-14-5-2-6-15-29)26-33(25-31)43-41-37-20-10-9-19-36(37)40(39-27-42-23-22-38(39)41)35-21-11-17-30-16-7-8-18-34(30)35/h1-27H. The average Bonchev–Trinajstić information content (AvgIpc) is 3.09. The van der Waals surface area contributed by atoms with Crippen molar-refractivity contribution in [1.82, 2.24) is 4.98 Å². The molecule has 0 saturated heterocycles. The van der Waals surface area contributed by atoms with Crippen LogP contribution in [0.5, 0.6) is 0 Å². The molecule has 0 N–H and O–H groups in total. The maximum absolute atomic E-state index is 4.63. The Hall–Kier alpha value is -5.18. The van der Waals surface area contributed by atoms with Crippen molar-refractivity contribution in [1.29, 1.82) is 0 Å². The lowest BCUT2D eigenvalue weighted by molar-refractivity contribution is 1.36. The molecule has 1 aromatic heterocycles. The van der Waals surface area contributed by atoms with Crippen molar-refractivity contribution in [2.75, 3.05) is 0 Å². The van der Waals surface area contributed by atoms with E-state index in [1.807, 2.05) is 24.2 Å². The van der Waals surface area contributed by atoms with Gasteiger partial charge in [-0.2, -0.15) is 0 Å². The van der Waals surface area contributed by atoms with E-state index < -0.39 is 0 Å². The number of rotatable bonds is 5. The molecule has 8 aromatic rings. The molecule has 0 saturated carbocycles. The molecule has 0 atom stereocenters. The Morgan fingerprint density at radius 1 is 0.419 bits per heavy atom. The number of benzene rings is 7. The number of nitrogens with zero attached hydrogens (tertiary/aromatic N) is 1. The van der Waals surface area contributed by atoms with Crippen LogP contribution in [-0.4, -0.2) is 4.98 Å². The van der Waals surface area contributed by atoms with Crippen LogP contribution in [-0.2, 0) is 0 Å². The second kappa shape index (κ2) is 10.9. The van der Waals surface area contributed by atoms with Gasteiger partial charge in [-0.25, -0.2) is 0 Å². The summed E-state index contributed by atoms with van der Waals surface area (Å²) in [5.41, 5.74) is 7.34. The minimum absolute atomic E-state index is 1.17. The van der Waals surface area contributed by atoms with Crippen molar-refractivity contribution >= 4 is 44.1 Å². The van der Waals surface area contributed by atoms with E-state index in [0.29, 0.717) is 0 Å². The van der Waals surface area contributed by atoms with Crippen molar-refractivity contribution < 1.29 is 0 Å². The predicted molar refractivity (Wildman–Crippen MR) is 184 cm³/mol. The van der Waals surface area contributed by atoms with Gasteiger partial charge >= 0.3 is 0 Å². The molecule has 0 bridgehead atoms. The van der Waals surface area contributed by atoms with E-state index in [1.54, 1.807) is 0 Å². The first-order valence-electron chi connectivity index (χ1n) is 14.5. The summed E-state index contributed by atoms with van der Waals surface area (Å²) in [5, 5.41) is 7.37. The molecule has 0 unspecified atom stereocenters. The molecule has 7 aromatic carbocycles. The Bertz CT molecular complexity index is 2140. The van der Waals surface area contributed by atoms with Gasteiger partial charge in [0.2, 0.25) is 0 Å². The summed E-state index contributed by atoms with van der Waals surface area (Å²) in [5.74, 6) is 0. The highest BCUT2D eigenvalue weighted by Crippen LogP contribution is 2.47. The highest BCUT2D eigenvalue weighted by molar-refractivity contribution is 7.99. The SMILES string of the molecule is c1ccc(-c2cc(Sc3c4ccccc4c(-c4cccc5ccccc45)c4cnccc34)cc(-c3ccccc3)c2)cc1. The van der Waals surface area contributed by atoms with Gasteiger partial charge in [0.1, 0.15) is 0 Å². The van der Waals surface area contributed by atoms with E-state index in [-0.39, 0.29) is 0 Å². The van der Waals surface area contributed by atoms with Crippen LogP contribution >= 0.6 is 11.8 Å². The van der Waals surface area contributed by atoms with Gasteiger partial charge in [0.15, 0.2) is 0 Å². The van der Waals surface area contributed by atoms with Crippen LogP contribution in [0, 0.1) is 0 Å². The van der Waals surface area contributed by atoms with Crippen LogP contribution in [0.4, 0.5) is 0 Å². The normalized spacial score (nSPS) is 11.3. The third kappa shape index (κ3) is 4.67. The largest absolute Gasteiger partial charge is 0.264 e. The van der Waals surface area contributed by atoms with Gasteiger partial charge in [0.05, 0.1) is 0 Å². The minimum Gasteiger partial charge on any atom is -0.264 e. The maximum Gasteiger partial charge on any atom is 0.0353 e. The number of fused-ring (bicyclic) bond motifs is 3. The highest BCUT2D eigenvalue weighted by Gasteiger charge is 2.18. The average molecular weight is 566 g/mol. The van der Waals surface area contributed by atoms with Gasteiger partial charge in [0.25, 0.3) is 0 Å². The molecular weight excluding hydrogens is 539 g/mol. The molecule has 202 valence electrons. The molecule has 0 radical (unpaired) electrons. The first kappa shape index (κ1) is 25.5. The first-order chi connectivity index (χ1) is 21.3.